The zero-order chi connectivity index (χ0) is 23.4. The molecule has 0 aliphatic rings. The maximum absolute atomic E-state index is 11.6. The number of carboxylic acids is 1. The van der Waals surface area contributed by atoms with Crippen molar-refractivity contribution in [2.24, 2.45) is 0 Å². The number of benzene rings is 1. The Bertz CT molecular complexity index is 1320. The van der Waals surface area contributed by atoms with Crippen LogP contribution in [0.25, 0.3) is 11.0 Å². The summed E-state index contributed by atoms with van der Waals surface area (Å²) in [7, 11) is 0. The summed E-state index contributed by atoms with van der Waals surface area (Å²) in [6, 6.07) is 10.3. The number of halogens is 1. The number of hydrogen-bond acceptors (Lipinski definition) is 8. The second kappa shape index (κ2) is 9.29. The van der Waals surface area contributed by atoms with E-state index in [0.717, 1.165) is 11.1 Å². The number of nitrogens with zero attached hydrogens (tertiary/aromatic N) is 5. The molecule has 3 rings (SSSR count). The molecule has 9 nitrogen and oxygen atoms in total. The molecule has 160 valence electrons. The highest BCUT2D eigenvalue weighted by molar-refractivity contribution is 6.29. The molecule has 0 aliphatic heterocycles. The zero-order valence-electron chi connectivity index (χ0n) is 17.3. The molecule has 0 aliphatic carbocycles. The molecule has 32 heavy (non-hydrogen) atoms. The first-order chi connectivity index (χ1) is 15.2. The average Bonchev–Trinajstić information content (AvgIpc) is 2.77. The fourth-order valence-corrected chi connectivity index (χ4v) is 3.27. The number of carboxylic acid groups (broad SMARTS) is 1. The normalized spacial score (nSPS) is 11.3. The number of aromatic carboxylic acids is 1. The van der Waals surface area contributed by atoms with Crippen LogP contribution >= 0.6 is 11.6 Å². The minimum atomic E-state index is -1.21. The highest BCUT2D eigenvalue weighted by atomic mass is 35.5. The summed E-state index contributed by atoms with van der Waals surface area (Å²) in [5.41, 5.74) is 3.16. The topological polar surface area (TPSA) is 148 Å². The molecule has 2 heterocycles. The molecular formula is C22H18ClN7O2. The van der Waals surface area contributed by atoms with Gasteiger partial charge in [0.1, 0.15) is 11.2 Å². The van der Waals surface area contributed by atoms with E-state index >= 15 is 0 Å². The van der Waals surface area contributed by atoms with Gasteiger partial charge in [-0.15, -0.1) is 0 Å². The van der Waals surface area contributed by atoms with Gasteiger partial charge in [-0.25, -0.2) is 19.7 Å². The molecule has 0 fully saturated rings. The van der Waals surface area contributed by atoms with Gasteiger partial charge in [-0.1, -0.05) is 24.2 Å². The van der Waals surface area contributed by atoms with Crippen molar-refractivity contribution in [1.82, 2.24) is 15.0 Å². The molecule has 2 aromatic heterocycles. The van der Waals surface area contributed by atoms with Crippen LogP contribution in [0.5, 0.6) is 0 Å². The Morgan fingerprint density at radius 2 is 2.03 bits per heavy atom. The zero-order valence-corrected chi connectivity index (χ0v) is 18.0. The van der Waals surface area contributed by atoms with Gasteiger partial charge in [0.05, 0.1) is 35.4 Å². The second-order valence-corrected chi connectivity index (χ2v) is 7.41. The van der Waals surface area contributed by atoms with E-state index in [1.165, 1.54) is 6.07 Å². The van der Waals surface area contributed by atoms with Crippen LogP contribution in [-0.2, 0) is 0 Å². The van der Waals surface area contributed by atoms with Gasteiger partial charge in [0.2, 0.25) is 0 Å². The van der Waals surface area contributed by atoms with Crippen LogP contribution in [0.15, 0.2) is 36.4 Å². The van der Waals surface area contributed by atoms with Crippen LogP contribution in [0.3, 0.4) is 0 Å². The minimum absolute atomic E-state index is 0.0752. The third-order valence-electron chi connectivity index (χ3n) is 4.58. The maximum Gasteiger partial charge on any atom is 0.356 e. The number of pyridine rings is 1. The van der Waals surface area contributed by atoms with E-state index in [4.69, 9.17) is 16.9 Å². The summed E-state index contributed by atoms with van der Waals surface area (Å²) < 4.78 is 0. The summed E-state index contributed by atoms with van der Waals surface area (Å²) in [6.45, 7) is 7.47. The van der Waals surface area contributed by atoms with Crippen molar-refractivity contribution in [3.8, 4) is 12.1 Å². The number of nitrogens with one attached hydrogen (secondary N) is 2. The van der Waals surface area contributed by atoms with Gasteiger partial charge in [-0.2, -0.15) is 10.5 Å². The highest BCUT2D eigenvalue weighted by Crippen LogP contribution is 2.29. The number of nitriles is 2. The lowest BCUT2D eigenvalue weighted by molar-refractivity contribution is 0.0691. The smallest absolute Gasteiger partial charge is 0.356 e. The van der Waals surface area contributed by atoms with Gasteiger partial charge in [0.25, 0.3) is 0 Å². The van der Waals surface area contributed by atoms with Crippen LogP contribution < -0.4 is 10.6 Å². The largest absolute Gasteiger partial charge is 0.476 e. The Labute approximate surface area is 189 Å². The first kappa shape index (κ1) is 22.5. The number of fused-ring (bicyclic) bond motifs is 1. The van der Waals surface area contributed by atoms with Gasteiger partial charge in [0.15, 0.2) is 17.2 Å². The quantitative estimate of drug-likeness (QED) is 0.357. The van der Waals surface area contributed by atoms with E-state index in [2.05, 4.69) is 32.2 Å². The van der Waals surface area contributed by atoms with E-state index in [-0.39, 0.29) is 40.5 Å². The summed E-state index contributed by atoms with van der Waals surface area (Å²) in [6.07, 6.45) is 0. The van der Waals surface area contributed by atoms with E-state index in [9.17, 15) is 15.2 Å². The number of rotatable bonds is 7. The highest BCUT2D eigenvalue weighted by Gasteiger charge is 2.19. The molecule has 10 heteroatoms. The molecule has 0 saturated carbocycles. The van der Waals surface area contributed by atoms with Crippen LogP contribution in [0.2, 0.25) is 5.15 Å². The number of aryl methyl sites for hydroxylation is 1. The molecule has 0 amide bonds. The lowest BCUT2D eigenvalue weighted by Crippen LogP contribution is -2.14. The molecule has 0 saturated heterocycles. The number of hydrogen-bond donors (Lipinski definition) is 3. The average molecular weight is 448 g/mol. The van der Waals surface area contributed by atoms with E-state index in [0.29, 0.717) is 16.7 Å². The fraction of sp³-hybridized carbons (Fsp3) is 0.182. The van der Waals surface area contributed by atoms with Crippen molar-refractivity contribution in [3.63, 3.8) is 0 Å². The van der Waals surface area contributed by atoms with Crippen LogP contribution in [0, 0.1) is 29.6 Å². The van der Waals surface area contributed by atoms with Crippen molar-refractivity contribution < 1.29 is 9.90 Å². The van der Waals surface area contributed by atoms with Crippen molar-refractivity contribution in [1.29, 1.82) is 10.5 Å². The van der Waals surface area contributed by atoms with Gasteiger partial charge >= 0.3 is 5.97 Å². The van der Waals surface area contributed by atoms with Crippen molar-refractivity contribution >= 4 is 40.1 Å². The van der Waals surface area contributed by atoms with Gasteiger partial charge < -0.3 is 15.7 Å². The lowest BCUT2D eigenvalue weighted by Gasteiger charge is -2.19. The SMILES string of the molecule is C=C(C#N)CNc1nc2c([C@@H](C)Nc3ccc(Cl)nc3C(=O)O)cc(C)cc2nc1C#N. The van der Waals surface area contributed by atoms with Crippen LogP contribution in [-0.4, -0.2) is 32.6 Å². The first-order valence-electron chi connectivity index (χ1n) is 9.44. The van der Waals surface area contributed by atoms with Crippen LogP contribution in [0.4, 0.5) is 11.5 Å². The molecule has 0 spiro atoms. The van der Waals surface area contributed by atoms with Gasteiger partial charge in [-0.05, 0) is 37.6 Å². The molecule has 3 aromatic rings. The second-order valence-electron chi connectivity index (χ2n) is 7.02. The Morgan fingerprint density at radius 3 is 2.69 bits per heavy atom. The van der Waals surface area contributed by atoms with E-state index in [1.807, 2.05) is 38.1 Å². The Balaban J connectivity index is 2.08. The predicted octanol–water partition coefficient (Wildman–Crippen LogP) is 4.22. The molecule has 0 radical (unpaired) electrons. The molecule has 3 N–H and O–H groups in total. The molecule has 1 aromatic carbocycles. The molecule has 0 unspecified atom stereocenters. The van der Waals surface area contributed by atoms with Crippen LogP contribution in [0.1, 0.15) is 40.3 Å². The van der Waals surface area contributed by atoms with Crippen molar-refractivity contribution in [3.05, 3.63) is 64.1 Å². The fourth-order valence-electron chi connectivity index (χ4n) is 3.12. The monoisotopic (exact) mass is 447 g/mol. The van der Waals surface area contributed by atoms with E-state index < -0.39 is 5.97 Å². The van der Waals surface area contributed by atoms with Crippen molar-refractivity contribution in [2.45, 2.75) is 19.9 Å². The Hall–Kier alpha value is -4.21. The molecule has 0 bridgehead atoms. The Kier molecular flexibility index (Phi) is 6.53. The summed E-state index contributed by atoms with van der Waals surface area (Å²) >= 11 is 5.84. The Morgan fingerprint density at radius 1 is 1.28 bits per heavy atom. The third-order valence-corrected chi connectivity index (χ3v) is 4.79. The lowest BCUT2D eigenvalue weighted by atomic mass is 10.0. The van der Waals surface area contributed by atoms with E-state index in [1.54, 1.807) is 6.07 Å². The summed E-state index contributed by atoms with van der Waals surface area (Å²) in [5.74, 6) is -0.980. The molecule has 1 atom stereocenters. The standard InChI is InChI=1S/C22H18ClN7O2/c1-11-6-14(13(3)27-15-4-5-18(23)29-20(15)22(31)32)19-16(7-11)28-17(9-25)21(30-19)26-10-12(2)8-24/h4-7,13,27H,2,10H2,1,3H3,(H,26,30)(H,31,32)/t13-/m1/s1. The number of anilines is 2. The minimum Gasteiger partial charge on any atom is -0.476 e. The number of carbonyl (C=O) groups is 1. The summed E-state index contributed by atoms with van der Waals surface area (Å²) in [4.78, 5) is 24.5. The molecular weight excluding hydrogens is 430 g/mol. The third kappa shape index (κ3) is 4.75. The predicted molar refractivity (Wildman–Crippen MR) is 120 cm³/mol. The van der Waals surface area contributed by atoms with Gasteiger partial charge in [-0.3, -0.25) is 0 Å². The maximum atomic E-state index is 11.6. The van der Waals surface area contributed by atoms with Gasteiger partial charge in [0, 0.05) is 11.1 Å². The first-order valence-corrected chi connectivity index (χ1v) is 9.81. The van der Waals surface area contributed by atoms with Crippen molar-refractivity contribution in [2.75, 3.05) is 17.2 Å². The summed E-state index contributed by atoms with van der Waals surface area (Å²) in [5, 5.41) is 34.0. The number of aromatic nitrogens is 3.